The second kappa shape index (κ2) is 3.84. The lowest BCUT2D eigenvalue weighted by molar-refractivity contribution is 0.0861. The third kappa shape index (κ3) is 1.93. The summed E-state index contributed by atoms with van der Waals surface area (Å²) in [6.07, 6.45) is 2.46. The Morgan fingerprint density at radius 1 is 1.62 bits per heavy atom. The molecule has 5 heteroatoms. The minimum Gasteiger partial charge on any atom is -0.364 e. The van der Waals surface area contributed by atoms with Crippen LogP contribution in [0.15, 0.2) is 12.3 Å². The van der Waals surface area contributed by atoms with Crippen molar-refractivity contribution in [1.29, 1.82) is 0 Å². The first kappa shape index (κ1) is 9.44. The van der Waals surface area contributed by atoms with Crippen molar-refractivity contribution in [3.05, 3.63) is 18.0 Å². The molecule has 70 valence electrons. The molecule has 13 heavy (non-hydrogen) atoms. The van der Waals surface area contributed by atoms with Gasteiger partial charge < -0.3 is 5.73 Å². The molecule has 0 aromatic carbocycles. The van der Waals surface area contributed by atoms with Crippen LogP contribution in [0.1, 0.15) is 35.0 Å². The molecule has 2 N–H and O–H groups in total. The van der Waals surface area contributed by atoms with Crippen molar-refractivity contribution in [2.45, 2.75) is 19.8 Å². The second-order valence-electron chi connectivity index (χ2n) is 2.64. The van der Waals surface area contributed by atoms with Gasteiger partial charge >= 0.3 is 0 Å². The fourth-order valence-electron chi connectivity index (χ4n) is 1.01. The summed E-state index contributed by atoms with van der Waals surface area (Å²) in [5.74, 6) is -0.844. The molecule has 1 heterocycles. The quantitative estimate of drug-likeness (QED) is 0.734. The Morgan fingerprint density at radius 2 is 2.31 bits per heavy atom. The lowest BCUT2D eigenvalue weighted by Crippen LogP contribution is -2.22. The summed E-state index contributed by atoms with van der Waals surface area (Å²) in [6, 6.07) is 1.43. The molecule has 1 aromatic rings. The molecule has 0 aliphatic carbocycles. The number of carbonyl (C=O) groups is 2. The average molecular weight is 181 g/mol. The van der Waals surface area contributed by atoms with Crippen LogP contribution >= 0.6 is 0 Å². The molecule has 0 unspecified atom stereocenters. The van der Waals surface area contributed by atoms with E-state index in [2.05, 4.69) is 5.10 Å². The van der Waals surface area contributed by atoms with Crippen LogP contribution in [0.25, 0.3) is 0 Å². The van der Waals surface area contributed by atoms with Gasteiger partial charge in [0.15, 0.2) is 0 Å². The highest BCUT2D eigenvalue weighted by Crippen LogP contribution is 2.00. The zero-order valence-corrected chi connectivity index (χ0v) is 7.36. The van der Waals surface area contributed by atoms with Gasteiger partial charge in [0, 0.05) is 6.42 Å². The van der Waals surface area contributed by atoms with E-state index in [9.17, 15) is 9.59 Å². The monoisotopic (exact) mass is 181 g/mol. The maximum absolute atomic E-state index is 11.3. The number of hydrogen-bond acceptors (Lipinski definition) is 3. The molecule has 0 aliphatic heterocycles. The van der Waals surface area contributed by atoms with Crippen molar-refractivity contribution in [3.8, 4) is 0 Å². The molecule has 0 bridgehead atoms. The van der Waals surface area contributed by atoms with Crippen LogP contribution in [0.3, 0.4) is 0 Å². The van der Waals surface area contributed by atoms with Crippen LogP contribution in [0.5, 0.6) is 0 Å². The first-order valence-corrected chi connectivity index (χ1v) is 4.04. The van der Waals surface area contributed by atoms with Crippen molar-refractivity contribution in [2.75, 3.05) is 0 Å². The predicted molar refractivity (Wildman–Crippen MR) is 46.3 cm³/mol. The Morgan fingerprint density at radius 3 is 2.85 bits per heavy atom. The highest BCUT2D eigenvalue weighted by atomic mass is 16.2. The Balaban J connectivity index is 2.93. The summed E-state index contributed by atoms with van der Waals surface area (Å²) in [5, 5.41) is 3.72. The number of nitrogens with two attached hydrogens (primary N) is 1. The number of carbonyl (C=O) groups excluding carboxylic acids is 2. The SMILES string of the molecule is CCCC(=O)n1nccc1C(N)=O. The predicted octanol–water partition coefficient (Wildman–Crippen LogP) is 0.422. The van der Waals surface area contributed by atoms with Crippen molar-refractivity contribution < 1.29 is 9.59 Å². The lowest BCUT2D eigenvalue weighted by Gasteiger charge is -2.00. The van der Waals surface area contributed by atoms with Gasteiger partial charge in [-0.15, -0.1) is 0 Å². The molecule has 0 atom stereocenters. The largest absolute Gasteiger partial charge is 0.364 e. The second-order valence-corrected chi connectivity index (χ2v) is 2.64. The molecule has 1 aromatic heterocycles. The van der Waals surface area contributed by atoms with Crippen molar-refractivity contribution in [2.24, 2.45) is 5.73 Å². The minimum atomic E-state index is -0.637. The van der Waals surface area contributed by atoms with Crippen LogP contribution in [0.2, 0.25) is 0 Å². The first-order chi connectivity index (χ1) is 6.16. The van der Waals surface area contributed by atoms with Gasteiger partial charge in [0.1, 0.15) is 5.69 Å². The smallest absolute Gasteiger partial charge is 0.267 e. The van der Waals surface area contributed by atoms with E-state index in [0.717, 1.165) is 11.1 Å². The van der Waals surface area contributed by atoms with E-state index in [1.165, 1.54) is 12.3 Å². The summed E-state index contributed by atoms with van der Waals surface area (Å²) < 4.78 is 1.05. The number of nitrogens with zero attached hydrogens (tertiary/aromatic N) is 2. The molecule has 0 saturated heterocycles. The number of rotatable bonds is 3. The highest BCUT2D eigenvalue weighted by Gasteiger charge is 2.13. The van der Waals surface area contributed by atoms with Gasteiger partial charge in [-0.25, -0.2) is 0 Å². The van der Waals surface area contributed by atoms with E-state index in [-0.39, 0.29) is 11.6 Å². The van der Waals surface area contributed by atoms with Crippen molar-refractivity contribution in [1.82, 2.24) is 9.78 Å². The molecule has 1 rings (SSSR count). The van der Waals surface area contributed by atoms with E-state index in [1.54, 1.807) is 0 Å². The van der Waals surface area contributed by atoms with E-state index in [1.807, 2.05) is 6.92 Å². The summed E-state index contributed by atoms with van der Waals surface area (Å²) in [7, 11) is 0. The number of primary amides is 1. The first-order valence-electron chi connectivity index (χ1n) is 4.04. The highest BCUT2D eigenvalue weighted by molar-refractivity contribution is 5.95. The third-order valence-corrected chi connectivity index (χ3v) is 1.60. The Bertz CT molecular complexity index is 330. The molecular weight excluding hydrogens is 170 g/mol. The fraction of sp³-hybridized carbons (Fsp3) is 0.375. The normalized spacial score (nSPS) is 9.92. The van der Waals surface area contributed by atoms with Crippen molar-refractivity contribution in [3.63, 3.8) is 0 Å². The molecule has 1 amide bonds. The molecular formula is C8H11N3O2. The van der Waals surface area contributed by atoms with Gasteiger partial charge in [0.05, 0.1) is 6.20 Å². The molecule has 0 radical (unpaired) electrons. The van der Waals surface area contributed by atoms with Gasteiger partial charge in [0.2, 0.25) is 5.91 Å². The van der Waals surface area contributed by atoms with Gasteiger partial charge in [-0.3, -0.25) is 9.59 Å². The van der Waals surface area contributed by atoms with Gasteiger partial charge in [-0.2, -0.15) is 9.78 Å². The van der Waals surface area contributed by atoms with Crippen LogP contribution in [0.4, 0.5) is 0 Å². The van der Waals surface area contributed by atoms with E-state index in [0.29, 0.717) is 6.42 Å². The molecule has 0 spiro atoms. The Kier molecular flexibility index (Phi) is 2.79. The van der Waals surface area contributed by atoms with Gasteiger partial charge in [0.25, 0.3) is 5.91 Å². The van der Waals surface area contributed by atoms with Gasteiger partial charge in [-0.1, -0.05) is 6.92 Å². The lowest BCUT2D eigenvalue weighted by atomic mass is 10.3. The Hall–Kier alpha value is -1.65. The van der Waals surface area contributed by atoms with E-state index < -0.39 is 5.91 Å². The number of amides is 1. The molecule has 0 saturated carbocycles. The van der Waals surface area contributed by atoms with Crippen LogP contribution < -0.4 is 5.73 Å². The molecule has 5 nitrogen and oxygen atoms in total. The maximum atomic E-state index is 11.3. The van der Waals surface area contributed by atoms with Crippen LogP contribution in [0, 0.1) is 0 Å². The zero-order valence-electron chi connectivity index (χ0n) is 7.36. The number of hydrogen-bond donors (Lipinski definition) is 1. The topological polar surface area (TPSA) is 78.0 Å². The zero-order chi connectivity index (χ0) is 9.84. The van der Waals surface area contributed by atoms with E-state index >= 15 is 0 Å². The summed E-state index contributed by atoms with van der Waals surface area (Å²) >= 11 is 0. The number of aromatic nitrogens is 2. The van der Waals surface area contributed by atoms with Gasteiger partial charge in [-0.05, 0) is 12.5 Å². The summed E-state index contributed by atoms with van der Waals surface area (Å²) in [5.41, 5.74) is 5.18. The fourth-order valence-corrected chi connectivity index (χ4v) is 1.01. The third-order valence-electron chi connectivity index (χ3n) is 1.60. The van der Waals surface area contributed by atoms with Crippen LogP contribution in [-0.4, -0.2) is 21.6 Å². The average Bonchev–Trinajstić information content (AvgIpc) is 2.52. The van der Waals surface area contributed by atoms with E-state index in [4.69, 9.17) is 5.73 Å². The standard InChI is InChI=1S/C8H11N3O2/c1-2-3-7(12)11-6(8(9)13)4-5-10-11/h4-5H,2-3H2,1H3,(H2,9,13). The minimum absolute atomic E-state index is 0.137. The van der Waals surface area contributed by atoms with Crippen LogP contribution in [-0.2, 0) is 0 Å². The molecule has 0 fully saturated rings. The Labute approximate surface area is 75.5 Å². The van der Waals surface area contributed by atoms with Crippen molar-refractivity contribution >= 4 is 11.8 Å². The molecule has 0 aliphatic rings. The summed E-state index contributed by atoms with van der Waals surface area (Å²) in [6.45, 7) is 1.88. The maximum Gasteiger partial charge on any atom is 0.267 e. The summed E-state index contributed by atoms with van der Waals surface area (Å²) in [4.78, 5) is 22.1.